The lowest BCUT2D eigenvalue weighted by Crippen LogP contribution is -2.29. The van der Waals surface area contributed by atoms with Crippen molar-refractivity contribution < 1.29 is 18.0 Å². The molecule has 25 heavy (non-hydrogen) atoms. The molecule has 2 rings (SSSR count). The van der Waals surface area contributed by atoms with Crippen molar-refractivity contribution in [3.8, 4) is 0 Å². The molecule has 0 saturated carbocycles. The molecule has 0 radical (unpaired) electrons. The highest BCUT2D eigenvalue weighted by atomic mass is 32.2. The lowest BCUT2D eigenvalue weighted by atomic mass is 10.1. The number of carbonyl (C=O) groups is 1. The summed E-state index contributed by atoms with van der Waals surface area (Å²) in [5, 5.41) is 0.402. The van der Waals surface area contributed by atoms with E-state index in [9.17, 15) is 18.0 Å². The van der Waals surface area contributed by atoms with Gasteiger partial charge in [-0.1, -0.05) is 42.1 Å². The van der Waals surface area contributed by atoms with Gasteiger partial charge in [-0.3, -0.25) is 4.79 Å². The van der Waals surface area contributed by atoms with Crippen LogP contribution in [0.15, 0.2) is 53.7 Å². The second kappa shape index (κ2) is 8.89. The van der Waals surface area contributed by atoms with Gasteiger partial charge < -0.3 is 4.90 Å². The number of hydrogen-bond donors (Lipinski definition) is 0. The molecule has 3 nitrogen and oxygen atoms in total. The molecule has 0 aliphatic carbocycles. The zero-order valence-corrected chi connectivity index (χ0v) is 14.6. The van der Waals surface area contributed by atoms with Crippen molar-refractivity contribution >= 4 is 17.7 Å². The molecule has 134 valence electrons. The van der Waals surface area contributed by atoms with Gasteiger partial charge >= 0.3 is 6.18 Å². The molecule has 7 heteroatoms. The fourth-order valence-electron chi connectivity index (χ4n) is 2.17. The molecule has 0 N–H and O–H groups in total. The van der Waals surface area contributed by atoms with Gasteiger partial charge in [-0.2, -0.15) is 13.2 Å². The number of halogens is 3. The van der Waals surface area contributed by atoms with Gasteiger partial charge in [0.1, 0.15) is 0 Å². The topological polar surface area (TPSA) is 33.2 Å². The van der Waals surface area contributed by atoms with E-state index in [0.29, 0.717) is 11.6 Å². The highest BCUT2D eigenvalue weighted by Crippen LogP contribution is 2.29. The van der Waals surface area contributed by atoms with Gasteiger partial charge in [-0.05, 0) is 30.5 Å². The van der Waals surface area contributed by atoms with Gasteiger partial charge in [0.15, 0.2) is 0 Å². The fourth-order valence-corrected chi connectivity index (χ4v) is 2.95. The summed E-state index contributed by atoms with van der Waals surface area (Å²) >= 11 is 1.14. The number of nitrogens with zero attached hydrogens (tertiary/aromatic N) is 2. The molecule has 1 amide bonds. The first-order valence-corrected chi connectivity index (χ1v) is 8.79. The molecule has 0 spiro atoms. The van der Waals surface area contributed by atoms with Gasteiger partial charge in [-0.15, -0.1) is 0 Å². The Bertz CT molecular complexity index is 675. The van der Waals surface area contributed by atoms with Crippen LogP contribution in [0.25, 0.3) is 0 Å². The van der Waals surface area contributed by atoms with Crippen molar-refractivity contribution in [3.63, 3.8) is 0 Å². The maximum atomic E-state index is 12.5. The number of benzene rings is 1. The highest BCUT2D eigenvalue weighted by molar-refractivity contribution is 7.99. The normalized spacial score (nSPS) is 11.4. The van der Waals surface area contributed by atoms with Crippen LogP contribution < -0.4 is 0 Å². The Morgan fingerprint density at radius 1 is 1.16 bits per heavy atom. The van der Waals surface area contributed by atoms with Crippen LogP contribution in [-0.4, -0.2) is 35.1 Å². The largest absolute Gasteiger partial charge is 0.417 e. The average molecular weight is 368 g/mol. The minimum atomic E-state index is -4.40. The quantitative estimate of drug-likeness (QED) is 0.684. The minimum absolute atomic E-state index is 0.0697. The minimum Gasteiger partial charge on any atom is -0.345 e. The van der Waals surface area contributed by atoms with Crippen molar-refractivity contribution in [2.24, 2.45) is 0 Å². The van der Waals surface area contributed by atoms with Gasteiger partial charge in [-0.25, -0.2) is 4.98 Å². The number of thioether (sulfide) groups is 1. The van der Waals surface area contributed by atoms with Gasteiger partial charge in [0, 0.05) is 19.8 Å². The molecule has 2 aromatic rings. The van der Waals surface area contributed by atoms with E-state index in [1.165, 1.54) is 11.6 Å². The van der Waals surface area contributed by atoms with Crippen molar-refractivity contribution in [1.82, 2.24) is 9.88 Å². The van der Waals surface area contributed by atoms with E-state index in [1.54, 1.807) is 11.9 Å². The summed E-state index contributed by atoms with van der Waals surface area (Å²) in [6, 6.07) is 12.3. The second-order valence-electron chi connectivity index (χ2n) is 5.58. The van der Waals surface area contributed by atoms with Crippen LogP contribution in [0.4, 0.5) is 13.2 Å². The summed E-state index contributed by atoms with van der Waals surface area (Å²) in [6.45, 7) is 0.634. The van der Waals surface area contributed by atoms with Crippen molar-refractivity contribution in [1.29, 1.82) is 0 Å². The third-order valence-corrected chi connectivity index (χ3v) is 4.56. The first kappa shape index (κ1) is 19.3. The van der Waals surface area contributed by atoms with Crippen LogP contribution in [0.5, 0.6) is 0 Å². The smallest absolute Gasteiger partial charge is 0.345 e. The molecule has 1 aromatic heterocycles. The van der Waals surface area contributed by atoms with Crippen LogP contribution in [0.2, 0.25) is 0 Å². The Labute approximate surface area is 149 Å². The van der Waals surface area contributed by atoms with E-state index in [4.69, 9.17) is 0 Å². The number of hydrogen-bond acceptors (Lipinski definition) is 3. The lowest BCUT2D eigenvalue weighted by molar-refractivity contribution is -0.138. The Hall–Kier alpha value is -2.02. The Kier molecular flexibility index (Phi) is 6.87. The summed E-state index contributed by atoms with van der Waals surface area (Å²) in [5.41, 5.74) is 0.438. The van der Waals surface area contributed by atoms with Crippen LogP contribution in [0.3, 0.4) is 0 Å². The monoisotopic (exact) mass is 368 g/mol. The SMILES string of the molecule is CN(CCCc1ccccc1)C(=O)CSc1ccc(C(F)(F)F)cn1. The Morgan fingerprint density at radius 2 is 1.88 bits per heavy atom. The van der Waals surface area contributed by atoms with Gasteiger partial charge in [0.05, 0.1) is 16.3 Å². The van der Waals surface area contributed by atoms with Gasteiger partial charge in [0.2, 0.25) is 5.91 Å². The maximum Gasteiger partial charge on any atom is 0.417 e. The number of amides is 1. The van der Waals surface area contributed by atoms with Crippen LogP contribution in [0, 0.1) is 0 Å². The molecule has 0 fully saturated rings. The molecule has 1 heterocycles. The summed E-state index contributed by atoms with van der Waals surface area (Å²) in [4.78, 5) is 17.5. The van der Waals surface area contributed by atoms with Crippen molar-refractivity contribution in [3.05, 3.63) is 59.8 Å². The molecular formula is C18H19F3N2OS. The number of pyridine rings is 1. The number of aromatic nitrogens is 1. The third-order valence-electron chi connectivity index (χ3n) is 3.63. The van der Waals surface area contributed by atoms with E-state index < -0.39 is 11.7 Å². The number of carbonyl (C=O) groups excluding carboxylic acids is 1. The first-order valence-electron chi connectivity index (χ1n) is 7.80. The Morgan fingerprint density at radius 3 is 2.48 bits per heavy atom. The van der Waals surface area contributed by atoms with Crippen LogP contribution in [-0.2, 0) is 17.4 Å². The summed E-state index contributed by atoms with van der Waals surface area (Å²) in [6.07, 6.45) is -1.86. The van der Waals surface area contributed by atoms with E-state index >= 15 is 0 Å². The standard InChI is InChI=1S/C18H19F3N2OS/c1-23(11-5-8-14-6-3-2-4-7-14)17(24)13-25-16-10-9-15(12-22-16)18(19,20)21/h2-4,6-7,9-10,12H,5,8,11,13H2,1H3. The van der Waals surface area contributed by atoms with E-state index in [0.717, 1.165) is 36.9 Å². The molecule has 0 aliphatic rings. The van der Waals surface area contributed by atoms with Crippen molar-refractivity contribution in [2.75, 3.05) is 19.3 Å². The van der Waals surface area contributed by atoms with E-state index in [1.807, 2.05) is 30.3 Å². The molecule has 0 atom stereocenters. The predicted octanol–water partition coefficient (Wildman–Crippen LogP) is 4.28. The number of alkyl halides is 3. The number of aryl methyl sites for hydroxylation is 1. The fraction of sp³-hybridized carbons (Fsp3) is 0.333. The molecule has 0 saturated heterocycles. The predicted molar refractivity (Wildman–Crippen MR) is 92.4 cm³/mol. The summed E-state index contributed by atoms with van der Waals surface area (Å²) < 4.78 is 37.4. The molecule has 0 bridgehead atoms. The number of rotatable bonds is 7. The molecule has 0 aliphatic heterocycles. The maximum absolute atomic E-state index is 12.5. The zero-order chi connectivity index (χ0) is 18.3. The first-order chi connectivity index (χ1) is 11.9. The summed E-state index contributed by atoms with van der Waals surface area (Å²) in [7, 11) is 1.73. The average Bonchev–Trinajstić information content (AvgIpc) is 2.60. The highest BCUT2D eigenvalue weighted by Gasteiger charge is 2.30. The second-order valence-corrected chi connectivity index (χ2v) is 6.57. The summed E-state index contributed by atoms with van der Waals surface area (Å²) in [5.74, 6) is 0.0833. The molecule has 0 unspecified atom stereocenters. The molecular weight excluding hydrogens is 349 g/mol. The van der Waals surface area contributed by atoms with Crippen LogP contribution in [0.1, 0.15) is 17.5 Å². The third kappa shape index (κ3) is 6.42. The molecule has 1 aromatic carbocycles. The van der Waals surface area contributed by atoms with E-state index in [-0.39, 0.29) is 11.7 Å². The van der Waals surface area contributed by atoms with Gasteiger partial charge in [0.25, 0.3) is 0 Å². The van der Waals surface area contributed by atoms with Crippen LogP contribution >= 0.6 is 11.8 Å². The lowest BCUT2D eigenvalue weighted by Gasteiger charge is -2.16. The zero-order valence-electron chi connectivity index (χ0n) is 13.8. The van der Waals surface area contributed by atoms with E-state index in [2.05, 4.69) is 4.98 Å². The Balaban J connectivity index is 1.73. The van der Waals surface area contributed by atoms with Crippen molar-refractivity contribution in [2.45, 2.75) is 24.0 Å².